The van der Waals surface area contributed by atoms with Crippen LogP contribution in [0.2, 0.25) is 0 Å². The fourth-order valence-electron chi connectivity index (χ4n) is 5.65. The van der Waals surface area contributed by atoms with Crippen LogP contribution in [0.1, 0.15) is 37.2 Å². The molecule has 2 aliphatic rings. The number of aromatic amines is 1. The number of H-pyrrole nitrogens is 1. The van der Waals surface area contributed by atoms with Crippen LogP contribution in [0.5, 0.6) is 0 Å². The van der Waals surface area contributed by atoms with E-state index in [2.05, 4.69) is 39.8 Å². The zero-order valence-corrected chi connectivity index (χ0v) is 21.0. The van der Waals surface area contributed by atoms with Crippen LogP contribution in [-0.2, 0) is 4.74 Å². The number of halogens is 1. The van der Waals surface area contributed by atoms with Gasteiger partial charge in [-0.2, -0.15) is 5.10 Å². The van der Waals surface area contributed by atoms with E-state index in [1.807, 2.05) is 19.2 Å². The van der Waals surface area contributed by atoms with Crippen LogP contribution in [0.15, 0.2) is 30.5 Å². The quantitative estimate of drug-likeness (QED) is 0.442. The molecule has 2 aliphatic heterocycles. The van der Waals surface area contributed by atoms with Crippen molar-refractivity contribution in [3.63, 3.8) is 0 Å². The number of piperidine rings is 1. The first-order valence-electron chi connectivity index (χ1n) is 12.8. The monoisotopic (exact) mass is 489 g/mol. The molecular weight excluding hydrogens is 457 g/mol. The predicted molar refractivity (Wildman–Crippen MR) is 139 cm³/mol. The maximum atomic E-state index is 14.6. The first-order chi connectivity index (χ1) is 17.5. The summed E-state index contributed by atoms with van der Waals surface area (Å²) in [6.07, 6.45) is 3.93. The van der Waals surface area contributed by atoms with Crippen molar-refractivity contribution in [1.29, 1.82) is 0 Å². The molecule has 2 saturated heterocycles. The van der Waals surface area contributed by atoms with Gasteiger partial charge in [0.05, 0.1) is 36.7 Å². The SMILES string of the molecule is Cc1nn(C2CCNCC2)c(C)c1-c1cc(N2CCOC[C@H]2C)nc(-c2cc(F)cc3[nH]ccc23)n1. The Kier molecular flexibility index (Phi) is 5.97. The number of nitrogens with one attached hydrogen (secondary N) is 2. The molecule has 9 heteroatoms. The van der Waals surface area contributed by atoms with Crippen LogP contribution in [0.25, 0.3) is 33.5 Å². The number of ether oxygens (including phenoxy) is 1. The number of hydrogen-bond acceptors (Lipinski definition) is 6. The molecule has 0 unspecified atom stereocenters. The lowest BCUT2D eigenvalue weighted by molar-refractivity contribution is 0.0985. The van der Waals surface area contributed by atoms with Crippen molar-refractivity contribution in [2.45, 2.75) is 45.7 Å². The number of hydrogen-bond donors (Lipinski definition) is 2. The molecule has 188 valence electrons. The Morgan fingerprint density at radius 2 is 1.94 bits per heavy atom. The minimum Gasteiger partial charge on any atom is -0.377 e. The van der Waals surface area contributed by atoms with Gasteiger partial charge in [-0.25, -0.2) is 14.4 Å². The van der Waals surface area contributed by atoms with Gasteiger partial charge in [0, 0.05) is 46.5 Å². The average molecular weight is 490 g/mol. The molecule has 3 aromatic heterocycles. The summed E-state index contributed by atoms with van der Waals surface area (Å²) in [6.45, 7) is 10.3. The fourth-order valence-corrected chi connectivity index (χ4v) is 5.65. The summed E-state index contributed by atoms with van der Waals surface area (Å²) in [5.74, 6) is 1.02. The second kappa shape index (κ2) is 9.29. The van der Waals surface area contributed by atoms with Crippen LogP contribution in [0.4, 0.5) is 10.2 Å². The van der Waals surface area contributed by atoms with Crippen molar-refractivity contribution >= 4 is 16.7 Å². The van der Waals surface area contributed by atoms with Gasteiger partial charge in [0.2, 0.25) is 0 Å². The molecule has 8 nitrogen and oxygen atoms in total. The topological polar surface area (TPSA) is 83.9 Å². The summed E-state index contributed by atoms with van der Waals surface area (Å²) >= 11 is 0. The third-order valence-corrected chi connectivity index (χ3v) is 7.48. The highest BCUT2D eigenvalue weighted by molar-refractivity contribution is 5.94. The fraction of sp³-hybridized carbons (Fsp3) is 0.444. The predicted octanol–water partition coefficient (Wildman–Crippen LogP) is 4.39. The van der Waals surface area contributed by atoms with Crippen molar-refractivity contribution in [2.75, 3.05) is 37.7 Å². The van der Waals surface area contributed by atoms with E-state index in [0.29, 0.717) is 30.6 Å². The third-order valence-electron chi connectivity index (χ3n) is 7.48. The van der Waals surface area contributed by atoms with E-state index in [-0.39, 0.29) is 11.9 Å². The summed E-state index contributed by atoms with van der Waals surface area (Å²) in [5, 5.41) is 9.29. The van der Waals surface area contributed by atoms with E-state index >= 15 is 0 Å². The molecule has 0 spiro atoms. The molecule has 6 rings (SSSR count). The van der Waals surface area contributed by atoms with Crippen LogP contribution in [0.3, 0.4) is 0 Å². The summed E-state index contributed by atoms with van der Waals surface area (Å²) < 4.78 is 22.5. The van der Waals surface area contributed by atoms with Crippen LogP contribution >= 0.6 is 0 Å². The zero-order chi connectivity index (χ0) is 24.8. The molecule has 0 saturated carbocycles. The minimum absolute atomic E-state index is 0.175. The number of nitrogens with zero attached hydrogens (tertiary/aromatic N) is 5. The number of aromatic nitrogens is 5. The van der Waals surface area contributed by atoms with Gasteiger partial charge in [-0.3, -0.25) is 4.68 Å². The van der Waals surface area contributed by atoms with Gasteiger partial charge in [0.1, 0.15) is 11.6 Å². The Hall–Kier alpha value is -3.30. The van der Waals surface area contributed by atoms with E-state index in [9.17, 15) is 4.39 Å². The first kappa shape index (κ1) is 23.1. The van der Waals surface area contributed by atoms with Crippen molar-refractivity contribution < 1.29 is 9.13 Å². The van der Waals surface area contributed by atoms with E-state index in [0.717, 1.165) is 71.8 Å². The van der Waals surface area contributed by atoms with Crippen molar-refractivity contribution in [2.24, 2.45) is 0 Å². The third kappa shape index (κ3) is 4.06. The van der Waals surface area contributed by atoms with E-state index in [4.69, 9.17) is 19.8 Å². The van der Waals surface area contributed by atoms with Gasteiger partial charge in [-0.05, 0) is 64.9 Å². The number of aryl methyl sites for hydroxylation is 1. The summed E-state index contributed by atoms with van der Waals surface area (Å²) in [6, 6.07) is 7.59. The first-order valence-corrected chi connectivity index (χ1v) is 12.8. The largest absolute Gasteiger partial charge is 0.377 e. The standard InChI is InChI=1S/C27H32FN7O/c1-16-15-36-11-10-34(16)25-14-24(26-17(2)33-35(18(26)3)20-4-7-29-8-5-20)31-27(32-25)22-12-19(28)13-23-21(22)6-9-30-23/h6,9,12-14,16,20,29-30H,4-5,7-8,10-11,15H2,1-3H3/t16-/m1/s1. The van der Waals surface area contributed by atoms with Crippen LogP contribution in [-0.4, -0.2) is 63.6 Å². The van der Waals surface area contributed by atoms with Gasteiger partial charge >= 0.3 is 0 Å². The number of morpholine rings is 1. The van der Waals surface area contributed by atoms with Gasteiger partial charge in [-0.1, -0.05) is 0 Å². The molecule has 2 fully saturated rings. The lowest BCUT2D eigenvalue weighted by Gasteiger charge is -2.34. The molecule has 4 aromatic rings. The molecule has 0 amide bonds. The number of fused-ring (bicyclic) bond motifs is 1. The highest BCUT2D eigenvalue weighted by Gasteiger charge is 2.26. The molecule has 5 heterocycles. The molecule has 2 N–H and O–H groups in total. The van der Waals surface area contributed by atoms with Gasteiger partial charge < -0.3 is 19.9 Å². The zero-order valence-electron chi connectivity index (χ0n) is 21.0. The normalized spacial score (nSPS) is 19.3. The van der Waals surface area contributed by atoms with Crippen molar-refractivity contribution in [3.8, 4) is 22.6 Å². The lowest BCUT2D eigenvalue weighted by Crippen LogP contribution is -2.44. The molecule has 1 atom stereocenters. The lowest BCUT2D eigenvalue weighted by atomic mass is 10.0. The van der Waals surface area contributed by atoms with E-state index in [1.54, 1.807) is 0 Å². The molecule has 1 aromatic carbocycles. The smallest absolute Gasteiger partial charge is 0.162 e. The molecule has 36 heavy (non-hydrogen) atoms. The minimum atomic E-state index is -0.318. The Balaban J connectivity index is 1.53. The van der Waals surface area contributed by atoms with Crippen LogP contribution < -0.4 is 10.2 Å². The maximum absolute atomic E-state index is 14.6. The van der Waals surface area contributed by atoms with Gasteiger partial charge in [0.25, 0.3) is 0 Å². The summed E-state index contributed by atoms with van der Waals surface area (Å²) in [7, 11) is 0. The second-order valence-electron chi connectivity index (χ2n) is 9.92. The number of anilines is 1. The Labute approximate surface area is 209 Å². The molecule has 0 radical (unpaired) electrons. The Morgan fingerprint density at radius 3 is 2.75 bits per heavy atom. The second-order valence-corrected chi connectivity index (χ2v) is 9.92. The summed E-state index contributed by atoms with van der Waals surface area (Å²) in [5.41, 5.74) is 5.30. The molecular formula is C27H32FN7O. The molecule has 0 aliphatic carbocycles. The maximum Gasteiger partial charge on any atom is 0.162 e. The van der Waals surface area contributed by atoms with Crippen molar-refractivity contribution in [1.82, 2.24) is 30.0 Å². The molecule has 0 bridgehead atoms. The Morgan fingerprint density at radius 1 is 1.11 bits per heavy atom. The Bertz CT molecular complexity index is 1400. The van der Waals surface area contributed by atoms with Gasteiger partial charge in [-0.15, -0.1) is 0 Å². The number of rotatable bonds is 4. The van der Waals surface area contributed by atoms with E-state index < -0.39 is 0 Å². The summed E-state index contributed by atoms with van der Waals surface area (Å²) in [4.78, 5) is 15.4. The van der Waals surface area contributed by atoms with Gasteiger partial charge in [0.15, 0.2) is 5.82 Å². The highest BCUT2D eigenvalue weighted by Crippen LogP contribution is 2.35. The van der Waals surface area contributed by atoms with Crippen molar-refractivity contribution in [3.05, 3.63) is 47.7 Å². The highest BCUT2D eigenvalue weighted by atomic mass is 19.1. The van der Waals surface area contributed by atoms with Crippen LogP contribution in [0, 0.1) is 19.7 Å². The average Bonchev–Trinajstić information content (AvgIpc) is 3.47. The van der Waals surface area contributed by atoms with E-state index in [1.165, 1.54) is 12.1 Å². The number of benzene rings is 1.